The van der Waals surface area contributed by atoms with E-state index in [0.29, 0.717) is 17.4 Å². The summed E-state index contributed by atoms with van der Waals surface area (Å²) in [6, 6.07) is 6.38. The maximum absolute atomic E-state index is 12.8. The van der Waals surface area contributed by atoms with Crippen molar-refractivity contribution in [2.45, 2.75) is 6.18 Å². The lowest BCUT2D eigenvalue weighted by Crippen LogP contribution is -2.08. The van der Waals surface area contributed by atoms with Gasteiger partial charge in [-0.05, 0) is 40.8 Å². The van der Waals surface area contributed by atoms with Crippen LogP contribution in [-0.2, 0) is 6.18 Å². The molecule has 0 unspecified atom stereocenters. The minimum Gasteiger partial charge on any atom is -0.305 e. The molecule has 0 atom stereocenters. The van der Waals surface area contributed by atoms with E-state index in [1.54, 1.807) is 22.9 Å². The predicted molar refractivity (Wildman–Crippen MR) is 85.0 cm³/mol. The van der Waals surface area contributed by atoms with Gasteiger partial charge in [-0.2, -0.15) is 13.2 Å². The van der Waals surface area contributed by atoms with Gasteiger partial charge in [0.1, 0.15) is 11.2 Å². The molecule has 0 radical (unpaired) electrons. The second-order valence-electron chi connectivity index (χ2n) is 4.73. The van der Waals surface area contributed by atoms with E-state index in [4.69, 9.17) is 0 Å². The molecule has 1 aromatic carbocycles. The molecule has 118 valence electrons. The van der Waals surface area contributed by atoms with Crippen molar-refractivity contribution in [3.63, 3.8) is 0 Å². The van der Waals surface area contributed by atoms with Crippen LogP contribution in [0.15, 0.2) is 42.7 Å². The predicted octanol–water partition coefficient (Wildman–Crippen LogP) is 4.53. The molecule has 0 amide bonds. The van der Waals surface area contributed by atoms with Gasteiger partial charge in [-0.15, -0.1) is 0 Å². The van der Waals surface area contributed by atoms with Gasteiger partial charge in [0.15, 0.2) is 0 Å². The minimum absolute atomic E-state index is 0.253. The van der Waals surface area contributed by atoms with Crippen molar-refractivity contribution >= 4 is 33.9 Å². The third-order valence-corrected chi connectivity index (χ3v) is 3.85. The molecule has 0 N–H and O–H groups in total. The SMILES string of the molecule is O=[N+]([O-])c1cc(-c2cn3cc(I)ccc3n2)ccc1C(F)(F)F. The average Bonchev–Trinajstić information content (AvgIpc) is 2.88. The first-order valence-corrected chi connectivity index (χ1v) is 7.34. The molecule has 0 aliphatic heterocycles. The summed E-state index contributed by atoms with van der Waals surface area (Å²) in [6.07, 6.45) is -1.37. The lowest BCUT2D eigenvalue weighted by atomic mass is 10.1. The summed E-state index contributed by atoms with van der Waals surface area (Å²) in [5, 5.41) is 10.9. The highest BCUT2D eigenvalue weighted by Gasteiger charge is 2.38. The molecule has 0 aliphatic carbocycles. The average molecular weight is 433 g/mol. The van der Waals surface area contributed by atoms with Crippen molar-refractivity contribution < 1.29 is 18.1 Å². The molecular formula is C14H7F3IN3O2. The summed E-state index contributed by atoms with van der Waals surface area (Å²) in [6.45, 7) is 0. The maximum atomic E-state index is 12.8. The van der Waals surface area contributed by atoms with Crippen LogP contribution < -0.4 is 0 Å². The van der Waals surface area contributed by atoms with E-state index in [9.17, 15) is 23.3 Å². The molecule has 9 heteroatoms. The van der Waals surface area contributed by atoms with Crippen molar-refractivity contribution in [2.24, 2.45) is 0 Å². The fraction of sp³-hybridized carbons (Fsp3) is 0.0714. The zero-order valence-corrected chi connectivity index (χ0v) is 13.4. The third kappa shape index (κ3) is 3.00. The number of nitro groups is 1. The number of hydrogen-bond acceptors (Lipinski definition) is 3. The zero-order chi connectivity index (χ0) is 16.8. The molecule has 23 heavy (non-hydrogen) atoms. The first-order chi connectivity index (χ1) is 10.8. The van der Waals surface area contributed by atoms with Gasteiger partial charge in [-0.25, -0.2) is 4.98 Å². The Morgan fingerprint density at radius 1 is 1.17 bits per heavy atom. The van der Waals surface area contributed by atoms with Crippen LogP contribution in [0, 0.1) is 13.7 Å². The molecular weight excluding hydrogens is 426 g/mol. The van der Waals surface area contributed by atoms with Crippen LogP contribution in [0.25, 0.3) is 16.9 Å². The van der Waals surface area contributed by atoms with Crippen LogP contribution in [0.4, 0.5) is 18.9 Å². The summed E-state index contributed by atoms with van der Waals surface area (Å²) in [5.41, 5.74) is -1.04. The topological polar surface area (TPSA) is 60.4 Å². The Labute approximate surface area is 141 Å². The Hall–Kier alpha value is -2.17. The molecule has 3 rings (SSSR count). The van der Waals surface area contributed by atoms with Gasteiger partial charge in [0, 0.05) is 27.6 Å². The second-order valence-corrected chi connectivity index (χ2v) is 5.97. The van der Waals surface area contributed by atoms with E-state index in [1.165, 1.54) is 6.07 Å². The van der Waals surface area contributed by atoms with Crippen LogP contribution in [-0.4, -0.2) is 14.3 Å². The number of nitro benzene ring substituents is 1. The van der Waals surface area contributed by atoms with Crippen molar-refractivity contribution in [2.75, 3.05) is 0 Å². The number of pyridine rings is 1. The molecule has 0 aliphatic rings. The standard InChI is InChI=1S/C14H7F3IN3O2/c15-14(16,17)10-3-1-8(5-12(10)21(22)23)11-7-20-6-9(18)2-4-13(20)19-11/h1-7H. The Morgan fingerprint density at radius 3 is 2.57 bits per heavy atom. The van der Waals surface area contributed by atoms with E-state index in [-0.39, 0.29) is 5.56 Å². The molecule has 5 nitrogen and oxygen atoms in total. The van der Waals surface area contributed by atoms with E-state index in [2.05, 4.69) is 27.6 Å². The highest BCUT2D eigenvalue weighted by molar-refractivity contribution is 14.1. The maximum Gasteiger partial charge on any atom is 0.422 e. The highest BCUT2D eigenvalue weighted by Crippen LogP contribution is 2.38. The number of halogens is 4. The fourth-order valence-corrected chi connectivity index (χ4v) is 2.67. The number of rotatable bonds is 2. The fourth-order valence-electron chi connectivity index (χ4n) is 2.19. The molecule has 2 aromatic heterocycles. The largest absolute Gasteiger partial charge is 0.422 e. The van der Waals surface area contributed by atoms with E-state index in [0.717, 1.165) is 9.64 Å². The molecule has 0 saturated heterocycles. The smallest absolute Gasteiger partial charge is 0.305 e. The van der Waals surface area contributed by atoms with Crippen molar-refractivity contribution in [3.8, 4) is 11.3 Å². The minimum atomic E-state index is -4.78. The summed E-state index contributed by atoms with van der Waals surface area (Å²) in [4.78, 5) is 14.2. The second kappa shape index (κ2) is 5.48. The number of aromatic nitrogens is 2. The normalized spacial score (nSPS) is 11.8. The summed E-state index contributed by atoms with van der Waals surface area (Å²) >= 11 is 2.12. The molecule has 3 aromatic rings. The van der Waals surface area contributed by atoms with Gasteiger partial charge < -0.3 is 4.40 Å². The van der Waals surface area contributed by atoms with Crippen LogP contribution in [0.2, 0.25) is 0 Å². The Balaban J connectivity index is 2.15. The number of fused-ring (bicyclic) bond motifs is 1. The van der Waals surface area contributed by atoms with Gasteiger partial charge in [-0.1, -0.05) is 6.07 Å². The third-order valence-electron chi connectivity index (χ3n) is 3.21. The first-order valence-electron chi connectivity index (χ1n) is 6.26. The number of nitrogens with zero attached hydrogens (tertiary/aromatic N) is 3. The Bertz CT molecular complexity index is 921. The monoisotopic (exact) mass is 433 g/mol. The number of alkyl halides is 3. The van der Waals surface area contributed by atoms with E-state index < -0.39 is 22.4 Å². The molecule has 0 bridgehead atoms. The van der Waals surface area contributed by atoms with Gasteiger partial charge in [-0.3, -0.25) is 10.1 Å². The van der Waals surface area contributed by atoms with E-state index >= 15 is 0 Å². The van der Waals surface area contributed by atoms with Crippen LogP contribution in [0.1, 0.15) is 5.56 Å². The van der Waals surface area contributed by atoms with Gasteiger partial charge in [0.05, 0.1) is 10.6 Å². The number of imidazole rings is 1. The lowest BCUT2D eigenvalue weighted by Gasteiger charge is -2.08. The summed E-state index contributed by atoms with van der Waals surface area (Å²) in [7, 11) is 0. The molecule has 0 spiro atoms. The zero-order valence-electron chi connectivity index (χ0n) is 11.2. The molecule has 0 saturated carbocycles. The van der Waals surface area contributed by atoms with E-state index in [1.807, 2.05) is 6.07 Å². The Kier molecular flexibility index (Phi) is 3.74. The Morgan fingerprint density at radius 2 is 1.91 bits per heavy atom. The van der Waals surface area contributed by atoms with Crippen LogP contribution in [0.3, 0.4) is 0 Å². The molecule has 0 fully saturated rings. The quantitative estimate of drug-likeness (QED) is 0.339. The molecule has 2 heterocycles. The highest BCUT2D eigenvalue weighted by atomic mass is 127. The van der Waals surface area contributed by atoms with Crippen molar-refractivity contribution in [1.29, 1.82) is 0 Å². The number of benzene rings is 1. The summed E-state index contributed by atoms with van der Waals surface area (Å²) in [5.74, 6) is 0. The van der Waals surface area contributed by atoms with Crippen LogP contribution in [0.5, 0.6) is 0 Å². The number of hydrogen-bond donors (Lipinski definition) is 0. The van der Waals surface area contributed by atoms with Crippen molar-refractivity contribution in [1.82, 2.24) is 9.38 Å². The summed E-state index contributed by atoms with van der Waals surface area (Å²) < 4.78 is 41.2. The van der Waals surface area contributed by atoms with Gasteiger partial charge >= 0.3 is 6.18 Å². The van der Waals surface area contributed by atoms with Gasteiger partial charge in [0.2, 0.25) is 0 Å². The van der Waals surface area contributed by atoms with Gasteiger partial charge in [0.25, 0.3) is 5.69 Å². The lowest BCUT2D eigenvalue weighted by molar-refractivity contribution is -0.388. The first kappa shape index (κ1) is 15.7. The van der Waals surface area contributed by atoms with Crippen LogP contribution >= 0.6 is 22.6 Å². The van der Waals surface area contributed by atoms with Crippen molar-refractivity contribution in [3.05, 3.63) is 62.0 Å².